The summed E-state index contributed by atoms with van der Waals surface area (Å²) < 4.78 is 24.5. The van der Waals surface area contributed by atoms with Crippen molar-refractivity contribution >= 4 is 21.2 Å². The van der Waals surface area contributed by atoms with Crippen LogP contribution in [-0.2, 0) is 9.84 Å². The molecule has 0 bridgehead atoms. The summed E-state index contributed by atoms with van der Waals surface area (Å²) in [5.74, 6) is -0.193. The Morgan fingerprint density at radius 1 is 1.10 bits per heavy atom. The fraction of sp³-hybridized carbons (Fsp3) is 0.500. The molecule has 0 heterocycles. The van der Waals surface area contributed by atoms with E-state index in [2.05, 4.69) is 0 Å². The smallest absolute Gasteiger partial charge is 0.258 e. The Bertz CT molecular complexity index is 696. The molecule has 0 aliphatic carbocycles. The van der Waals surface area contributed by atoms with Gasteiger partial charge in [0.15, 0.2) is 9.84 Å². The molecule has 0 saturated heterocycles. The largest absolute Gasteiger partial charge is 0.283 e. The number of nitro benzene ring substituents is 2. The van der Waals surface area contributed by atoms with Gasteiger partial charge in [0.2, 0.25) is 0 Å². The summed E-state index contributed by atoms with van der Waals surface area (Å²) in [6.45, 7) is 4.35. The zero-order chi connectivity index (χ0) is 16.4. The molecular formula is C12H16N2O6S. The van der Waals surface area contributed by atoms with Crippen molar-refractivity contribution in [2.45, 2.75) is 38.5 Å². The summed E-state index contributed by atoms with van der Waals surface area (Å²) in [6.07, 6.45) is 1.02. The molecule has 0 fully saturated rings. The van der Waals surface area contributed by atoms with Crippen LogP contribution in [0.25, 0.3) is 0 Å². The average Bonchev–Trinajstić information content (AvgIpc) is 2.35. The number of benzene rings is 1. The molecule has 1 rings (SSSR count). The van der Waals surface area contributed by atoms with Gasteiger partial charge in [-0.25, -0.2) is 8.42 Å². The molecule has 0 radical (unpaired) electrons. The van der Waals surface area contributed by atoms with E-state index in [0.29, 0.717) is 12.8 Å². The number of nitrogens with zero attached hydrogens (tertiary/aromatic N) is 2. The second kappa shape index (κ2) is 6.17. The SMILES string of the molecule is CCCCS(=O)(=O)c1cc([N+](=O)[O-])c(C)c([N+](=O)[O-])c1C. The molecular weight excluding hydrogens is 300 g/mol. The summed E-state index contributed by atoms with van der Waals surface area (Å²) in [5, 5.41) is 22.1. The highest BCUT2D eigenvalue weighted by atomic mass is 32.2. The fourth-order valence-electron chi connectivity index (χ4n) is 2.09. The van der Waals surface area contributed by atoms with Gasteiger partial charge in [0.25, 0.3) is 11.4 Å². The van der Waals surface area contributed by atoms with Gasteiger partial charge in [-0.3, -0.25) is 20.2 Å². The summed E-state index contributed by atoms with van der Waals surface area (Å²) >= 11 is 0. The highest BCUT2D eigenvalue weighted by molar-refractivity contribution is 7.91. The van der Waals surface area contributed by atoms with Gasteiger partial charge >= 0.3 is 0 Å². The molecule has 1 aromatic rings. The molecule has 0 amide bonds. The van der Waals surface area contributed by atoms with Crippen molar-refractivity contribution < 1.29 is 18.3 Å². The van der Waals surface area contributed by atoms with Crippen molar-refractivity contribution in [2.75, 3.05) is 5.75 Å². The molecule has 0 spiro atoms. The third-order valence-electron chi connectivity index (χ3n) is 3.21. The summed E-state index contributed by atoms with van der Waals surface area (Å²) in [5.41, 5.74) is -1.27. The number of hydrogen-bond acceptors (Lipinski definition) is 6. The molecule has 1 aromatic carbocycles. The first kappa shape index (κ1) is 17.0. The quantitative estimate of drug-likeness (QED) is 0.587. The maximum absolute atomic E-state index is 12.2. The van der Waals surface area contributed by atoms with Gasteiger partial charge in [0.1, 0.15) is 5.56 Å². The molecule has 0 atom stereocenters. The van der Waals surface area contributed by atoms with E-state index >= 15 is 0 Å². The first-order valence-electron chi connectivity index (χ1n) is 6.29. The Morgan fingerprint density at radius 3 is 2.10 bits per heavy atom. The van der Waals surface area contributed by atoms with Crippen molar-refractivity contribution in [1.82, 2.24) is 0 Å². The fourth-order valence-corrected chi connectivity index (χ4v) is 3.83. The van der Waals surface area contributed by atoms with Gasteiger partial charge in [-0.05, 0) is 20.3 Å². The van der Waals surface area contributed by atoms with Crippen LogP contribution in [0.4, 0.5) is 11.4 Å². The lowest BCUT2D eigenvalue weighted by Crippen LogP contribution is -2.11. The number of hydrogen-bond donors (Lipinski definition) is 0. The second-order valence-electron chi connectivity index (χ2n) is 4.68. The molecule has 0 aliphatic rings. The van der Waals surface area contributed by atoms with Crippen LogP contribution in [0.15, 0.2) is 11.0 Å². The molecule has 0 N–H and O–H groups in total. The zero-order valence-corrected chi connectivity index (χ0v) is 12.8. The van der Waals surface area contributed by atoms with E-state index in [-0.39, 0.29) is 21.8 Å². The zero-order valence-electron chi connectivity index (χ0n) is 12.0. The Balaban J connectivity index is 3.68. The van der Waals surface area contributed by atoms with Crippen LogP contribution in [0.1, 0.15) is 30.9 Å². The number of rotatable bonds is 6. The Hall–Kier alpha value is -2.03. The van der Waals surface area contributed by atoms with E-state index in [1.165, 1.54) is 13.8 Å². The third-order valence-corrected chi connectivity index (χ3v) is 5.13. The predicted molar refractivity (Wildman–Crippen MR) is 76.2 cm³/mol. The lowest BCUT2D eigenvalue weighted by molar-refractivity contribution is -0.396. The van der Waals surface area contributed by atoms with Gasteiger partial charge in [-0.1, -0.05) is 13.3 Å². The highest BCUT2D eigenvalue weighted by Crippen LogP contribution is 2.36. The minimum atomic E-state index is -3.79. The molecule has 9 heteroatoms. The molecule has 0 aliphatic heterocycles. The maximum Gasteiger partial charge on any atom is 0.283 e. The van der Waals surface area contributed by atoms with Crippen LogP contribution in [0, 0.1) is 34.1 Å². The molecule has 116 valence electrons. The normalized spacial score (nSPS) is 11.4. The molecule has 0 saturated carbocycles. The summed E-state index contributed by atoms with van der Waals surface area (Å²) in [6, 6.07) is 0.919. The van der Waals surface area contributed by atoms with Crippen molar-refractivity contribution in [2.24, 2.45) is 0 Å². The lowest BCUT2D eigenvalue weighted by Gasteiger charge is -2.10. The van der Waals surface area contributed by atoms with E-state index in [1.54, 1.807) is 0 Å². The molecule has 0 unspecified atom stereocenters. The minimum absolute atomic E-state index is 0.0563. The first-order valence-corrected chi connectivity index (χ1v) is 7.94. The average molecular weight is 316 g/mol. The molecule has 8 nitrogen and oxygen atoms in total. The maximum atomic E-state index is 12.2. The standard InChI is InChI=1S/C12H16N2O6S/c1-4-5-6-21(19,20)11-7-10(13(15)16)8(2)12(9(11)3)14(17)18/h7H,4-6H2,1-3H3. The van der Waals surface area contributed by atoms with Crippen LogP contribution < -0.4 is 0 Å². The van der Waals surface area contributed by atoms with Gasteiger partial charge in [0.05, 0.1) is 20.5 Å². The van der Waals surface area contributed by atoms with Gasteiger partial charge < -0.3 is 0 Å². The molecule has 21 heavy (non-hydrogen) atoms. The van der Waals surface area contributed by atoms with Crippen molar-refractivity contribution in [1.29, 1.82) is 0 Å². The Kier molecular flexibility index (Phi) is 5.00. The minimum Gasteiger partial charge on any atom is -0.258 e. The first-order chi connectivity index (χ1) is 9.63. The van der Waals surface area contributed by atoms with E-state index in [1.807, 2.05) is 6.92 Å². The number of sulfone groups is 1. The van der Waals surface area contributed by atoms with E-state index < -0.39 is 31.1 Å². The van der Waals surface area contributed by atoms with Crippen LogP contribution in [0.2, 0.25) is 0 Å². The number of unbranched alkanes of at least 4 members (excludes halogenated alkanes) is 1. The summed E-state index contributed by atoms with van der Waals surface area (Å²) in [4.78, 5) is 20.2. The lowest BCUT2D eigenvalue weighted by atomic mass is 10.1. The van der Waals surface area contributed by atoms with E-state index in [4.69, 9.17) is 0 Å². The highest BCUT2D eigenvalue weighted by Gasteiger charge is 2.31. The monoisotopic (exact) mass is 316 g/mol. The Morgan fingerprint density at radius 2 is 1.67 bits per heavy atom. The topological polar surface area (TPSA) is 120 Å². The van der Waals surface area contributed by atoms with Crippen molar-refractivity contribution in [3.8, 4) is 0 Å². The van der Waals surface area contributed by atoms with Crippen molar-refractivity contribution in [3.63, 3.8) is 0 Å². The summed E-state index contributed by atoms with van der Waals surface area (Å²) in [7, 11) is -3.79. The predicted octanol–water partition coefficient (Wildman–Crippen LogP) is 2.69. The third kappa shape index (κ3) is 3.35. The van der Waals surface area contributed by atoms with Crippen LogP contribution in [0.5, 0.6) is 0 Å². The van der Waals surface area contributed by atoms with Gasteiger partial charge in [0, 0.05) is 11.6 Å². The van der Waals surface area contributed by atoms with Gasteiger partial charge in [-0.2, -0.15) is 0 Å². The van der Waals surface area contributed by atoms with E-state index in [0.717, 1.165) is 6.07 Å². The van der Waals surface area contributed by atoms with E-state index in [9.17, 15) is 28.6 Å². The van der Waals surface area contributed by atoms with Crippen LogP contribution in [0.3, 0.4) is 0 Å². The molecule has 0 aromatic heterocycles. The second-order valence-corrected chi connectivity index (χ2v) is 6.76. The van der Waals surface area contributed by atoms with Crippen LogP contribution in [-0.4, -0.2) is 24.0 Å². The van der Waals surface area contributed by atoms with Gasteiger partial charge in [-0.15, -0.1) is 0 Å². The Labute approximate surface area is 122 Å². The van der Waals surface area contributed by atoms with Crippen LogP contribution >= 0.6 is 0 Å². The number of nitro groups is 2. The van der Waals surface area contributed by atoms with Crippen molar-refractivity contribution in [3.05, 3.63) is 37.4 Å².